The van der Waals surface area contributed by atoms with Crippen molar-refractivity contribution in [2.75, 3.05) is 20.6 Å². The number of amides is 1. The minimum absolute atomic E-state index is 0.110. The van der Waals surface area contributed by atoms with Gasteiger partial charge in [0.2, 0.25) is 10.0 Å². The molecule has 1 N–H and O–H groups in total. The summed E-state index contributed by atoms with van der Waals surface area (Å²) >= 11 is 0. The molecule has 3 rings (SSSR count). The third-order valence-electron chi connectivity index (χ3n) is 4.42. The third-order valence-corrected chi connectivity index (χ3v) is 6.23. The van der Waals surface area contributed by atoms with Crippen LogP contribution >= 0.6 is 0 Å². The molecule has 3 aromatic rings. The predicted octanol–water partition coefficient (Wildman–Crippen LogP) is 2.71. The maximum absolute atomic E-state index is 12.3. The molecule has 0 bridgehead atoms. The minimum atomic E-state index is -3.56. The Kier molecular flexibility index (Phi) is 5.62. The fourth-order valence-electron chi connectivity index (χ4n) is 2.90. The van der Waals surface area contributed by atoms with Crippen LogP contribution in [0.25, 0.3) is 10.9 Å². The van der Waals surface area contributed by atoms with E-state index in [0.29, 0.717) is 12.1 Å². The van der Waals surface area contributed by atoms with Crippen LogP contribution in [0.2, 0.25) is 0 Å². The van der Waals surface area contributed by atoms with Crippen LogP contribution in [0.1, 0.15) is 16.8 Å². The van der Waals surface area contributed by atoms with Crippen molar-refractivity contribution in [1.82, 2.24) is 14.2 Å². The van der Waals surface area contributed by atoms with Crippen LogP contribution in [0.3, 0.4) is 0 Å². The lowest BCUT2D eigenvalue weighted by Gasteiger charge is -2.12. The van der Waals surface area contributed by atoms with Crippen molar-refractivity contribution in [3.63, 3.8) is 0 Å². The van der Waals surface area contributed by atoms with Crippen molar-refractivity contribution in [3.05, 3.63) is 66.4 Å². The van der Waals surface area contributed by atoms with Crippen LogP contribution in [0, 0.1) is 0 Å². The molecule has 1 aromatic heterocycles. The SMILES string of the molecule is CN(C)S(=O)(=O)c1cccc(C(=O)NCCCn2ccc3ccccc32)c1. The van der Waals surface area contributed by atoms with Crippen molar-refractivity contribution >= 4 is 26.8 Å². The average molecular weight is 385 g/mol. The molecule has 142 valence electrons. The number of sulfonamides is 1. The van der Waals surface area contributed by atoms with E-state index in [4.69, 9.17) is 0 Å². The van der Waals surface area contributed by atoms with Crippen molar-refractivity contribution in [1.29, 1.82) is 0 Å². The fourth-order valence-corrected chi connectivity index (χ4v) is 3.85. The van der Waals surface area contributed by atoms with E-state index in [2.05, 4.69) is 28.1 Å². The zero-order valence-electron chi connectivity index (χ0n) is 15.4. The number of nitrogens with zero attached hydrogens (tertiary/aromatic N) is 2. The Morgan fingerprint density at radius 2 is 1.85 bits per heavy atom. The third kappa shape index (κ3) is 4.20. The highest BCUT2D eigenvalue weighted by Crippen LogP contribution is 2.16. The van der Waals surface area contributed by atoms with Gasteiger partial charge in [0.1, 0.15) is 0 Å². The summed E-state index contributed by atoms with van der Waals surface area (Å²) in [5.74, 6) is -0.275. The number of hydrogen-bond donors (Lipinski definition) is 1. The summed E-state index contributed by atoms with van der Waals surface area (Å²) in [7, 11) is -0.628. The second-order valence-electron chi connectivity index (χ2n) is 6.49. The Labute approximate surface area is 159 Å². The summed E-state index contributed by atoms with van der Waals surface area (Å²) in [6.45, 7) is 1.30. The maximum Gasteiger partial charge on any atom is 0.251 e. The summed E-state index contributed by atoms with van der Waals surface area (Å²) < 4.78 is 27.7. The van der Waals surface area contributed by atoms with Crippen LogP contribution in [0.5, 0.6) is 0 Å². The topological polar surface area (TPSA) is 71.4 Å². The second-order valence-corrected chi connectivity index (χ2v) is 8.64. The summed E-state index contributed by atoms with van der Waals surface area (Å²) in [6.07, 6.45) is 2.82. The van der Waals surface area contributed by atoms with Gasteiger partial charge in [-0.05, 0) is 42.1 Å². The normalized spacial score (nSPS) is 11.8. The largest absolute Gasteiger partial charge is 0.352 e. The fraction of sp³-hybridized carbons (Fsp3) is 0.250. The zero-order valence-corrected chi connectivity index (χ0v) is 16.2. The number of rotatable bonds is 7. The lowest BCUT2D eigenvalue weighted by molar-refractivity contribution is 0.0952. The van der Waals surface area contributed by atoms with E-state index >= 15 is 0 Å². The van der Waals surface area contributed by atoms with Crippen LogP contribution in [0.15, 0.2) is 65.7 Å². The molecule has 7 heteroatoms. The van der Waals surface area contributed by atoms with Gasteiger partial charge in [-0.1, -0.05) is 24.3 Å². The molecular formula is C20H23N3O3S. The van der Waals surface area contributed by atoms with E-state index in [9.17, 15) is 13.2 Å². The van der Waals surface area contributed by atoms with E-state index < -0.39 is 10.0 Å². The molecule has 0 atom stereocenters. The number of para-hydroxylation sites is 1. The number of carbonyl (C=O) groups excluding carboxylic acids is 1. The number of carbonyl (C=O) groups is 1. The predicted molar refractivity (Wildman–Crippen MR) is 106 cm³/mol. The van der Waals surface area contributed by atoms with Crippen LogP contribution < -0.4 is 5.32 Å². The van der Waals surface area contributed by atoms with Gasteiger partial charge in [-0.25, -0.2) is 12.7 Å². The number of nitrogens with one attached hydrogen (secondary N) is 1. The molecule has 1 amide bonds. The molecule has 0 fully saturated rings. The Morgan fingerprint density at radius 1 is 1.07 bits per heavy atom. The van der Waals surface area contributed by atoms with Gasteiger partial charge in [0.15, 0.2) is 0 Å². The second kappa shape index (κ2) is 7.94. The first kappa shape index (κ1) is 19.1. The zero-order chi connectivity index (χ0) is 19.4. The first-order chi connectivity index (χ1) is 12.9. The van der Waals surface area contributed by atoms with Gasteiger partial charge in [-0.15, -0.1) is 0 Å². The number of benzene rings is 2. The standard InChI is InChI=1S/C20H23N3O3S/c1-22(2)27(25,26)18-9-5-8-17(15-18)20(24)21-12-6-13-23-14-11-16-7-3-4-10-19(16)23/h3-5,7-11,14-15H,6,12-13H2,1-2H3,(H,21,24). The maximum atomic E-state index is 12.3. The molecule has 0 aliphatic carbocycles. The average Bonchev–Trinajstić information content (AvgIpc) is 3.08. The quantitative estimate of drug-likeness (QED) is 0.636. The van der Waals surface area contributed by atoms with Gasteiger partial charge >= 0.3 is 0 Å². The van der Waals surface area contributed by atoms with E-state index in [-0.39, 0.29) is 10.8 Å². The molecule has 0 radical (unpaired) electrons. The molecule has 0 saturated heterocycles. The highest BCUT2D eigenvalue weighted by molar-refractivity contribution is 7.89. The smallest absolute Gasteiger partial charge is 0.251 e. The first-order valence-electron chi connectivity index (χ1n) is 8.74. The van der Waals surface area contributed by atoms with Crippen LogP contribution in [0.4, 0.5) is 0 Å². The Morgan fingerprint density at radius 3 is 2.63 bits per heavy atom. The summed E-state index contributed by atoms with van der Waals surface area (Å²) in [6, 6.07) is 16.3. The molecule has 0 unspecified atom stereocenters. The lowest BCUT2D eigenvalue weighted by atomic mass is 10.2. The van der Waals surface area contributed by atoms with Gasteiger partial charge < -0.3 is 9.88 Å². The highest BCUT2D eigenvalue weighted by Gasteiger charge is 2.18. The van der Waals surface area contributed by atoms with Gasteiger partial charge in [0.05, 0.1) is 4.90 Å². The van der Waals surface area contributed by atoms with Crippen LogP contribution in [-0.2, 0) is 16.6 Å². The van der Waals surface area contributed by atoms with E-state index in [0.717, 1.165) is 17.3 Å². The Bertz CT molecular complexity index is 1060. The van der Waals surface area contributed by atoms with E-state index in [1.54, 1.807) is 12.1 Å². The Balaban J connectivity index is 1.58. The first-order valence-corrected chi connectivity index (χ1v) is 10.2. The summed E-state index contributed by atoms with van der Waals surface area (Å²) in [4.78, 5) is 12.5. The number of hydrogen-bond acceptors (Lipinski definition) is 3. The molecule has 0 aliphatic heterocycles. The molecule has 0 aliphatic rings. The number of aryl methyl sites for hydroxylation is 1. The van der Waals surface area contributed by atoms with Gasteiger partial charge in [0, 0.05) is 44.5 Å². The van der Waals surface area contributed by atoms with Crippen molar-refractivity contribution in [3.8, 4) is 0 Å². The van der Waals surface area contributed by atoms with Gasteiger partial charge in [-0.3, -0.25) is 4.79 Å². The molecular weight excluding hydrogens is 362 g/mol. The summed E-state index contributed by atoms with van der Waals surface area (Å²) in [5.41, 5.74) is 1.51. The molecule has 6 nitrogen and oxygen atoms in total. The monoisotopic (exact) mass is 385 g/mol. The number of fused-ring (bicyclic) bond motifs is 1. The van der Waals surface area contributed by atoms with E-state index in [1.165, 1.54) is 37.1 Å². The molecule has 0 spiro atoms. The molecule has 27 heavy (non-hydrogen) atoms. The van der Waals surface area contributed by atoms with Crippen molar-refractivity contribution in [2.24, 2.45) is 0 Å². The minimum Gasteiger partial charge on any atom is -0.352 e. The van der Waals surface area contributed by atoms with Crippen molar-refractivity contribution in [2.45, 2.75) is 17.9 Å². The molecule has 0 saturated carbocycles. The Hall–Kier alpha value is -2.64. The van der Waals surface area contributed by atoms with Gasteiger partial charge in [-0.2, -0.15) is 0 Å². The van der Waals surface area contributed by atoms with Crippen LogP contribution in [-0.4, -0.2) is 43.8 Å². The highest BCUT2D eigenvalue weighted by atomic mass is 32.2. The molecule has 1 heterocycles. The van der Waals surface area contributed by atoms with Crippen molar-refractivity contribution < 1.29 is 13.2 Å². The number of aromatic nitrogens is 1. The lowest BCUT2D eigenvalue weighted by Crippen LogP contribution is -2.26. The van der Waals surface area contributed by atoms with E-state index in [1.807, 2.05) is 18.3 Å². The molecule has 2 aromatic carbocycles. The van der Waals surface area contributed by atoms with Gasteiger partial charge in [0.25, 0.3) is 5.91 Å². The summed E-state index contributed by atoms with van der Waals surface area (Å²) in [5, 5.41) is 4.05.